The first-order chi connectivity index (χ1) is 4.89. The Morgan fingerprint density at radius 1 is 1.20 bits per heavy atom. The lowest BCUT2D eigenvalue weighted by Gasteiger charge is -2.17. The van der Waals surface area contributed by atoms with E-state index in [4.69, 9.17) is 5.11 Å². The van der Waals surface area contributed by atoms with Gasteiger partial charge >= 0.3 is 0 Å². The van der Waals surface area contributed by atoms with E-state index in [9.17, 15) is 0 Å². The molecule has 1 heterocycles. The van der Waals surface area contributed by atoms with Crippen LogP contribution in [-0.2, 0) is 0 Å². The monoisotopic (exact) mass is 140 g/mol. The zero-order valence-electron chi connectivity index (χ0n) is 5.86. The van der Waals surface area contributed by atoms with Crippen LogP contribution in [0.15, 0.2) is 29.1 Å². The molecule has 0 bridgehead atoms. The Balaban J connectivity index is 0.0000001000. The van der Waals surface area contributed by atoms with Gasteiger partial charge in [-0.25, -0.2) is 0 Å². The van der Waals surface area contributed by atoms with Gasteiger partial charge in [0.15, 0.2) is 0 Å². The van der Waals surface area contributed by atoms with Crippen LogP contribution in [0.5, 0.6) is 0 Å². The zero-order valence-corrected chi connectivity index (χ0v) is 5.86. The highest BCUT2D eigenvalue weighted by atomic mass is 16.3. The van der Waals surface area contributed by atoms with Crippen LogP contribution in [0.4, 0.5) is 0 Å². The van der Waals surface area contributed by atoms with Gasteiger partial charge in [-0.05, 0) is 31.4 Å². The maximum atomic E-state index is 8.45. The molecular weight excluding hydrogens is 128 g/mol. The summed E-state index contributed by atoms with van der Waals surface area (Å²) in [4.78, 5) is 0. The highest BCUT2D eigenvalue weighted by Gasteiger charge is 2.11. The quantitative estimate of drug-likeness (QED) is 0.596. The maximum Gasteiger partial charge on any atom is 0.0902 e. The highest BCUT2D eigenvalue weighted by Crippen LogP contribution is 2.16. The summed E-state index contributed by atoms with van der Waals surface area (Å²) in [6.07, 6.45) is 6.64. The van der Waals surface area contributed by atoms with Crippen LogP contribution < -0.4 is 0 Å². The summed E-state index contributed by atoms with van der Waals surface area (Å²) < 4.78 is 4.58. The molecule has 2 heteroatoms. The Bertz CT molecular complexity index is 125. The Hall–Kier alpha value is -0.760. The molecule has 0 spiro atoms. The molecule has 0 unspecified atom stereocenters. The summed E-state index contributed by atoms with van der Waals surface area (Å²) in [5.74, 6) is 0. The van der Waals surface area contributed by atoms with Gasteiger partial charge in [0.1, 0.15) is 0 Å². The van der Waals surface area contributed by atoms with Crippen molar-refractivity contribution in [1.82, 2.24) is 0 Å². The van der Waals surface area contributed by atoms with E-state index in [2.05, 4.69) is 4.42 Å². The van der Waals surface area contributed by atoms with Crippen molar-refractivity contribution in [2.75, 3.05) is 0 Å². The molecule has 0 atom stereocenters. The van der Waals surface area contributed by atoms with Gasteiger partial charge in [-0.1, -0.05) is 0 Å². The lowest BCUT2D eigenvalue weighted by atomic mass is 9.97. The molecule has 1 aromatic heterocycles. The summed E-state index contributed by atoms with van der Waals surface area (Å²) in [6.45, 7) is 0. The molecule has 0 aromatic carbocycles. The van der Waals surface area contributed by atoms with Gasteiger partial charge in [-0.2, -0.15) is 0 Å². The number of aliphatic hydroxyl groups excluding tert-OH is 1. The van der Waals surface area contributed by atoms with Gasteiger partial charge in [0.05, 0.1) is 18.6 Å². The summed E-state index contributed by atoms with van der Waals surface area (Å²) >= 11 is 0. The van der Waals surface area contributed by atoms with Crippen molar-refractivity contribution in [3.05, 3.63) is 24.7 Å². The standard InChI is InChI=1S/C4H4O.C4H8O/c1-2-4-5-3-1;5-4-2-1-3-4/h1-4H;4-5H,1-3H2. The van der Waals surface area contributed by atoms with Crippen LogP contribution in [0.25, 0.3) is 0 Å². The van der Waals surface area contributed by atoms with Crippen LogP contribution in [0, 0.1) is 0 Å². The number of hydrogen-bond acceptors (Lipinski definition) is 2. The van der Waals surface area contributed by atoms with Gasteiger partial charge < -0.3 is 9.52 Å². The number of rotatable bonds is 0. The molecule has 0 aliphatic heterocycles. The third-order valence-corrected chi connectivity index (χ3v) is 1.50. The first-order valence-corrected chi connectivity index (χ1v) is 3.55. The normalized spacial score (nSPS) is 16.9. The highest BCUT2D eigenvalue weighted by molar-refractivity contribution is 4.79. The van der Waals surface area contributed by atoms with E-state index >= 15 is 0 Å². The summed E-state index contributed by atoms with van der Waals surface area (Å²) in [6, 6.07) is 3.67. The van der Waals surface area contributed by atoms with Crippen molar-refractivity contribution < 1.29 is 9.52 Å². The van der Waals surface area contributed by atoms with Crippen LogP contribution in [0.2, 0.25) is 0 Å². The first kappa shape index (κ1) is 7.35. The Morgan fingerprint density at radius 3 is 1.80 bits per heavy atom. The average molecular weight is 140 g/mol. The average Bonchev–Trinajstić information content (AvgIpc) is 2.38. The van der Waals surface area contributed by atoms with Crippen LogP contribution in [-0.4, -0.2) is 11.2 Å². The smallest absolute Gasteiger partial charge is 0.0902 e. The number of hydrogen-bond donors (Lipinski definition) is 1. The van der Waals surface area contributed by atoms with Gasteiger partial charge in [0, 0.05) is 0 Å². The second-order valence-corrected chi connectivity index (χ2v) is 2.38. The molecule has 1 saturated carbocycles. The molecule has 0 saturated heterocycles. The molecule has 1 N–H and O–H groups in total. The SMILES string of the molecule is OC1CCC1.c1ccoc1. The lowest BCUT2D eigenvalue weighted by Crippen LogP contribution is -2.15. The van der Waals surface area contributed by atoms with Gasteiger partial charge in [-0.15, -0.1) is 0 Å². The second-order valence-electron chi connectivity index (χ2n) is 2.38. The molecule has 2 nitrogen and oxygen atoms in total. The molecule has 1 aromatic rings. The molecule has 56 valence electrons. The Kier molecular flexibility index (Phi) is 3.03. The minimum atomic E-state index is 0.0648. The van der Waals surface area contributed by atoms with Crippen LogP contribution in [0.3, 0.4) is 0 Å². The van der Waals surface area contributed by atoms with E-state index in [1.54, 1.807) is 12.5 Å². The third kappa shape index (κ3) is 2.69. The van der Waals surface area contributed by atoms with Crippen LogP contribution in [0.1, 0.15) is 19.3 Å². The van der Waals surface area contributed by atoms with E-state index < -0.39 is 0 Å². The largest absolute Gasteiger partial charge is 0.473 e. The molecular formula is C8H12O2. The van der Waals surface area contributed by atoms with E-state index in [-0.39, 0.29) is 6.10 Å². The van der Waals surface area contributed by atoms with Gasteiger partial charge in [0.25, 0.3) is 0 Å². The lowest BCUT2D eigenvalue weighted by molar-refractivity contribution is 0.0950. The summed E-state index contributed by atoms with van der Waals surface area (Å²) in [5.41, 5.74) is 0. The Labute approximate surface area is 60.5 Å². The van der Waals surface area contributed by atoms with Crippen molar-refractivity contribution in [3.8, 4) is 0 Å². The molecule has 0 amide bonds. The van der Waals surface area contributed by atoms with Crippen molar-refractivity contribution >= 4 is 0 Å². The molecule has 0 radical (unpaired) electrons. The molecule has 10 heavy (non-hydrogen) atoms. The summed E-state index contributed by atoms with van der Waals surface area (Å²) in [7, 11) is 0. The Morgan fingerprint density at radius 2 is 1.70 bits per heavy atom. The van der Waals surface area contributed by atoms with Gasteiger partial charge in [0.2, 0.25) is 0 Å². The molecule has 1 fully saturated rings. The minimum absolute atomic E-state index is 0.0648. The second kappa shape index (κ2) is 4.12. The number of aliphatic hydroxyl groups is 1. The minimum Gasteiger partial charge on any atom is -0.473 e. The van der Waals surface area contributed by atoms with E-state index in [0.29, 0.717) is 0 Å². The van der Waals surface area contributed by atoms with Crippen molar-refractivity contribution in [2.24, 2.45) is 0 Å². The molecule has 2 rings (SSSR count). The van der Waals surface area contributed by atoms with Gasteiger partial charge in [-0.3, -0.25) is 0 Å². The van der Waals surface area contributed by atoms with E-state index in [1.807, 2.05) is 12.1 Å². The van der Waals surface area contributed by atoms with Crippen LogP contribution >= 0.6 is 0 Å². The topological polar surface area (TPSA) is 33.4 Å². The van der Waals surface area contributed by atoms with Crippen molar-refractivity contribution in [2.45, 2.75) is 25.4 Å². The van der Waals surface area contributed by atoms with E-state index in [1.165, 1.54) is 6.42 Å². The summed E-state index contributed by atoms with van der Waals surface area (Å²) in [5, 5.41) is 8.45. The zero-order chi connectivity index (χ0) is 7.23. The fourth-order valence-corrected chi connectivity index (χ4v) is 0.614. The van der Waals surface area contributed by atoms with Crippen molar-refractivity contribution in [3.63, 3.8) is 0 Å². The molecule has 1 aliphatic carbocycles. The molecule has 1 aliphatic rings. The predicted octanol–water partition coefficient (Wildman–Crippen LogP) is 1.81. The third-order valence-electron chi connectivity index (χ3n) is 1.50. The predicted molar refractivity (Wildman–Crippen MR) is 38.6 cm³/mol. The fraction of sp³-hybridized carbons (Fsp3) is 0.500. The maximum absolute atomic E-state index is 8.45. The number of furan rings is 1. The first-order valence-electron chi connectivity index (χ1n) is 3.55. The van der Waals surface area contributed by atoms with Crippen molar-refractivity contribution in [1.29, 1.82) is 0 Å². The fourth-order valence-electron chi connectivity index (χ4n) is 0.614. The van der Waals surface area contributed by atoms with E-state index in [0.717, 1.165) is 12.8 Å².